The average Bonchev–Trinajstić information content (AvgIpc) is 2.98. The molecule has 1 aromatic heterocycles. The van der Waals surface area contributed by atoms with Gasteiger partial charge in [0.15, 0.2) is 0 Å². The molecular formula is C19H19NOS. The summed E-state index contributed by atoms with van der Waals surface area (Å²) in [5, 5.41) is 12.1. The molecule has 0 aliphatic carbocycles. The molecule has 1 atom stereocenters. The average molecular weight is 309 g/mol. The maximum absolute atomic E-state index is 11.4. The second-order valence-electron chi connectivity index (χ2n) is 5.54. The molecule has 0 saturated carbocycles. The Morgan fingerprint density at radius 3 is 2.59 bits per heavy atom. The fraction of sp³-hybridized carbons (Fsp3) is 0.211. The largest absolute Gasteiger partial charge is 0.378 e. The van der Waals surface area contributed by atoms with Crippen LogP contribution in [-0.4, -0.2) is 10.1 Å². The molecule has 0 aliphatic heterocycles. The minimum Gasteiger partial charge on any atom is -0.378 e. The maximum Gasteiger partial charge on any atom is 0.141 e. The van der Waals surface area contributed by atoms with Crippen molar-refractivity contribution < 1.29 is 5.11 Å². The molecule has 22 heavy (non-hydrogen) atoms. The van der Waals surface area contributed by atoms with Gasteiger partial charge in [0, 0.05) is 0 Å². The third-order valence-electron chi connectivity index (χ3n) is 3.89. The number of fused-ring (bicyclic) bond motifs is 1. The fourth-order valence-corrected chi connectivity index (χ4v) is 3.67. The zero-order valence-electron chi connectivity index (χ0n) is 12.6. The first-order valence-corrected chi connectivity index (χ1v) is 8.21. The second kappa shape index (κ2) is 6.03. The van der Waals surface area contributed by atoms with E-state index in [0.29, 0.717) is 6.42 Å². The van der Waals surface area contributed by atoms with Crippen molar-refractivity contribution in [3.63, 3.8) is 0 Å². The van der Waals surface area contributed by atoms with Gasteiger partial charge in [0.25, 0.3) is 0 Å². The smallest absolute Gasteiger partial charge is 0.141 e. The van der Waals surface area contributed by atoms with Gasteiger partial charge in [-0.3, -0.25) is 0 Å². The third kappa shape index (κ3) is 2.70. The molecule has 3 rings (SSSR count). The van der Waals surface area contributed by atoms with Crippen molar-refractivity contribution in [3.05, 3.63) is 77.3 Å². The van der Waals surface area contributed by atoms with Crippen LogP contribution in [0.5, 0.6) is 0 Å². The van der Waals surface area contributed by atoms with Crippen LogP contribution in [0.1, 0.15) is 29.0 Å². The van der Waals surface area contributed by atoms with Crippen LogP contribution >= 0.6 is 11.3 Å². The van der Waals surface area contributed by atoms with Crippen LogP contribution in [0.25, 0.3) is 10.2 Å². The van der Waals surface area contributed by atoms with E-state index in [-0.39, 0.29) is 0 Å². The van der Waals surface area contributed by atoms with Gasteiger partial charge in [0.1, 0.15) is 10.6 Å². The first kappa shape index (κ1) is 14.9. The molecule has 0 aliphatic rings. The Kier molecular flexibility index (Phi) is 4.10. The predicted octanol–water partition coefficient (Wildman–Crippen LogP) is 4.81. The Morgan fingerprint density at radius 2 is 1.91 bits per heavy atom. The molecule has 3 aromatic rings. The van der Waals surface area contributed by atoms with E-state index in [9.17, 15) is 5.11 Å². The van der Waals surface area contributed by atoms with Gasteiger partial charge in [-0.15, -0.1) is 17.9 Å². The molecule has 2 nitrogen and oxygen atoms in total. The minimum atomic E-state index is -1.06. The first-order chi connectivity index (χ1) is 10.6. The van der Waals surface area contributed by atoms with Crippen LogP contribution in [0.15, 0.2) is 61.2 Å². The summed E-state index contributed by atoms with van der Waals surface area (Å²) >= 11 is 1.56. The summed E-state index contributed by atoms with van der Waals surface area (Å²) in [5.41, 5.74) is 1.94. The molecule has 0 amide bonds. The number of hydrogen-bond donors (Lipinski definition) is 1. The van der Waals surface area contributed by atoms with E-state index in [1.54, 1.807) is 11.3 Å². The summed E-state index contributed by atoms with van der Waals surface area (Å²) < 4.78 is 1.10. The van der Waals surface area contributed by atoms with Crippen molar-refractivity contribution in [2.75, 3.05) is 0 Å². The zero-order valence-corrected chi connectivity index (χ0v) is 13.4. The highest BCUT2D eigenvalue weighted by atomic mass is 32.1. The quantitative estimate of drug-likeness (QED) is 0.686. The van der Waals surface area contributed by atoms with Gasteiger partial charge in [-0.1, -0.05) is 48.0 Å². The summed E-state index contributed by atoms with van der Waals surface area (Å²) in [5.74, 6) is 0. The van der Waals surface area contributed by atoms with E-state index in [0.717, 1.165) is 27.2 Å². The van der Waals surface area contributed by atoms with Crippen LogP contribution in [0, 0.1) is 6.92 Å². The van der Waals surface area contributed by atoms with Crippen molar-refractivity contribution >= 4 is 21.6 Å². The van der Waals surface area contributed by atoms with E-state index in [1.807, 2.05) is 61.5 Å². The number of benzene rings is 2. The highest BCUT2D eigenvalue weighted by molar-refractivity contribution is 7.18. The minimum absolute atomic E-state index is 0.583. The zero-order chi connectivity index (χ0) is 15.6. The van der Waals surface area contributed by atoms with Crippen LogP contribution < -0.4 is 0 Å². The number of rotatable bonds is 5. The Bertz CT molecular complexity index is 758. The highest BCUT2D eigenvalue weighted by Gasteiger charge is 2.34. The topological polar surface area (TPSA) is 33.1 Å². The van der Waals surface area contributed by atoms with Gasteiger partial charge in [0.2, 0.25) is 0 Å². The Labute approximate surface area is 134 Å². The Balaban J connectivity index is 2.11. The molecule has 2 aromatic carbocycles. The number of para-hydroxylation sites is 1. The number of hydrogen-bond acceptors (Lipinski definition) is 3. The lowest BCUT2D eigenvalue weighted by Gasteiger charge is -2.26. The summed E-state index contributed by atoms with van der Waals surface area (Å²) in [6.45, 7) is 5.83. The molecule has 0 spiro atoms. The molecule has 0 radical (unpaired) electrons. The predicted molar refractivity (Wildman–Crippen MR) is 93.2 cm³/mol. The van der Waals surface area contributed by atoms with Gasteiger partial charge in [-0.2, -0.15) is 0 Å². The number of thiazole rings is 1. The van der Waals surface area contributed by atoms with Gasteiger partial charge in [0.05, 0.1) is 10.2 Å². The van der Waals surface area contributed by atoms with Crippen molar-refractivity contribution in [1.29, 1.82) is 0 Å². The molecule has 0 saturated heterocycles. The van der Waals surface area contributed by atoms with E-state index < -0.39 is 5.60 Å². The third-order valence-corrected chi connectivity index (χ3v) is 5.07. The van der Waals surface area contributed by atoms with E-state index >= 15 is 0 Å². The van der Waals surface area contributed by atoms with E-state index in [2.05, 4.69) is 11.6 Å². The number of aliphatic hydroxyl groups is 1. The molecule has 0 bridgehead atoms. The monoisotopic (exact) mass is 309 g/mol. The number of allylic oxidation sites excluding steroid dienone is 1. The lowest BCUT2D eigenvalue weighted by molar-refractivity contribution is 0.0720. The van der Waals surface area contributed by atoms with Gasteiger partial charge in [-0.25, -0.2) is 4.98 Å². The standard InChI is InChI=1S/C19H19NOS/c1-3-4-13-19(21,15-11-9-14(2)10-12-15)18-20-16-7-5-6-8-17(16)22-18/h3,5-12,21H,1,4,13H2,2H3. The normalized spacial score (nSPS) is 13.9. The molecule has 3 heteroatoms. The molecule has 1 heterocycles. The van der Waals surface area contributed by atoms with E-state index in [4.69, 9.17) is 0 Å². The maximum atomic E-state index is 11.4. The number of nitrogens with zero attached hydrogens (tertiary/aromatic N) is 1. The van der Waals surface area contributed by atoms with Crippen molar-refractivity contribution in [3.8, 4) is 0 Å². The molecule has 1 unspecified atom stereocenters. The fourth-order valence-electron chi connectivity index (χ4n) is 2.56. The number of aryl methyl sites for hydroxylation is 1. The Hall–Kier alpha value is -1.97. The van der Waals surface area contributed by atoms with Crippen molar-refractivity contribution in [1.82, 2.24) is 4.98 Å². The summed E-state index contributed by atoms with van der Waals surface area (Å²) in [6, 6.07) is 16.0. The molecule has 1 N–H and O–H groups in total. The summed E-state index contributed by atoms with van der Waals surface area (Å²) in [6.07, 6.45) is 3.16. The highest BCUT2D eigenvalue weighted by Crippen LogP contribution is 2.38. The van der Waals surface area contributed by atoms with Gasteiger partial charge < -0.3 is 5.11 Å². The van der Waals surface area contributed by atoms with Crippen LogP contribution in [0.4, 0.5) is 0 Å². The molecule has 0 fully saturated rings. The van der Waals surface area contributed by atoms with Crippen molar-refractivity contribution in [2.24, 2.45) is 0 Å². The summed E-state index contributed by atoms with van der Waals surface area (Å²) in [7, 11) is 0. The SMILES string of the molecule is C=CCCC(O)(c1ccc(C)cc1)c1nc2ccccc2s1. The van der Waals surface area contributed by atoms with Gasteiger partial charge >= 0.3 is 0 Å². The lowest BCUT2D eigenvalue weighted by Crippen LogP contribution is -2.27. The number of aromatic nitrogens is 1. The van der Waals surface area contributed by atoms with Gasteiger partial charge in [-0.05, 0) is 37.5 Å². The Morgan fingerprint density at radius 1 is 1.18 bits per heavy atom. The molecular weight excluding hydrogens is 290 g/mol. The second-order valence-corrected chi connectivity index (χ2v) is 6.57. The molecule has 112 valence electrons. The first-order valence-electron chi connectivity index (χ1n) is 7.40. The van der Waals surface area contributed by atoms with Crippen LogP contribution in [-0.2, 0) is 5.60 Å². The van der Waals surface area contributed by atoms with E-state index in [1.165, 1.54) is 5.56 Å². The van der Waals surface area contributed by atoms with Crippen LogP contribution in [0.3, 0.4) is 0 Å². The van der Waals surface area contributed by atoms with Crippen molar-refractivity contribution in [2.45, 2.75) is 25.4 Å². The summed E-state index contributed by atoms with van der Waals surface area (Å²) in [4.78, 5) is 4.67. The lowest BCUT2D eigenvalue weighted by atomic mass is 9.89. The van der Waals surface area contributed by atoms with Crippen LogP contribution in [0.2, 0.25) is 0 Å².